The molecule has 0 spiro atoms. The lowest BCUT2D eigenvalue weighted by Crippen LogP contribution is -2.24. The van der Waals surface area contributed by atoms with Gasteiger partial charge >= 0.3 is 0 Å². The molecule has 0 radical (unpaired) electrons. The largest absolute Gasteiger partial charge is 0.346 e. The summed E-state index contributed by atoms with van der Waals surface area (Å²) in [6, 6.07) is 5.88. The van der Waals surface area contributed by atoms with Crippen molar-refractivity contribution in [1.82, 2.24) is 5.32 Å². The third-order valence-corrected chi connectivity index (χ3v) is 1.91. The molecule has 0 fully saturated rings. The maximum Gasteiger partial charge on any atom is 0.243 e. The highest BCUT2D eigenvalue weighted by Gasteiger charge is 2.06. The number of hydrogen-bond acceptors (Lipinski definition) is 1. The number of amides is 1. The van der Waals surface area contributed by atoms with E-state index in [0.717, 1.165) is 5.56 Å². The molecule has 1 unspecified atom stereocenters. The molecule has 0 aromatic heterocycles. The molecule has 0 aliphatic heterocycles. The van der Waals surface area contributed by atoms with Crippen molar-refractivity contribution < 1.29 is 9.18 Å². The Kier molecular flexibility index (Phi) is 3.40. The number of rotatable bonds is 3. The lowest BCUT2D eigenvalue weighted by atomic mass is 10.1. The van der Waals surface area contributed by atoms with Gasteiger partial charge in [-0.1, -0.05) is 18.7 Å². The van der Waals surface area contributed by atoms with Gasteiger partial charge in [0.25, 0.3) is 0 Å². The van der Waals surface area contributed by atoms with Gasteiger partial charge in [0.15, 0.2) is 0 Å². The van der Waals surface area contributed by atoms with Crippen LogP contribution in [0.15, 0.2) is 36.9 Å². The third-order valence-electron chi connectivity index (χ3n) is 1.91. The van der Waals surface area contributed by atoms with E-state index >= 15 is 0 Å². The number of benzene rings is 1. The molecule has 0 bridgehead atoms. The van der Waals surface area contributed by atoms with Crippen molar-refractivity contribution >= 4 is 5.91 Å². The molecule has 1 aromatic carbocycles. The first-order valence-electron chi connectivity index (χ1n) is 4.32. The average Bonchev–Trinajstić information content (AvgIpc) is 2.18. The molecule has 0 saturated carbocycles. The first-order valence-corrected chi connectivity index (χ1v) is 4.32. The quantitative estimate of drug-likeness (QED) is 0.732. The number of carbonyl (C=O) groups is 1. The first-order chi connectivity index (χ1) is 6.63. The van der Waals surface area contributed by atoms with Crippen LogP contribution in [-0.2, 0) is 4.79 Å². The monoisotopic (exact) mass is 193 g/mol. The molecule has 0 heterocycles. The smallest absolute Gasteiger partial charge is 0.243 e. The summed E-state index contributed by atoms with van der Waals surface area (Å²) in [5.74, 6) is -0.516. The zero-order valence-electron chi connectivity index (χ0n) is 7.96. The summed E-state index contributed by atoms with van der Waals surface area (Å²) in [5.41, 5.74) is 0.863. The van der Waals surface area contributed by atoms with Crippen LogP contribution < -0.4 is 5.32 Å². The van der Waals surface area contributed by atoms with Crippen LogP contribution in [0.25, 0.3) is 0 Å². The van der Waals surface area contributed by atoms with E-state index in [1.165, 1.54) is 18.2 Å². The van der Waals surface area contributed by atoms with E-state index in [2.05, 4.69) is 11.9 Å². The molecule has 74 valence electrons. The van der Waals surface area contributed by atoms with Crippen LogP contribution in [0.1, 0.15) is 18.5 Å². The lowest BCUT2D eigenvalue weighted by molar-refractivity contribution is -0.117. The van der Waals surface area contributed by atoms with Gasteiger partial charge in [0.1, 0.15) is 5.82 Å². The predicted octanol–water partition coefficient (Wildman–Crippen LogP) is 2.19. The molecule has 14 heavy (non-hydrogen) atoms. The van der Waals surface area contributed by atoms with E-state index in [0.29, 0.717) is 0 Å². The topological polar surface area (TPSA) is 29.1 Å². The van der Waals surface area contributed by atoms with E-state index in [9.17, 15) is 9.18 Å². The Hall–Kier alpha value is -1.64. The van der Waals surface area contributed by atoms with Crippen molar-refractivity contribution in [3.05, 3.63) is 48.3 Å². The van der Waals surface area contributed by atoms with Gasteiger partial charge in [-0.2, -0.15) is 0 Å². The molecule has 1 rings (SSSR count). The summed E-state index contributed by atoms with van der Waals surface area (Å²) in [6.45, 7) is 5.18. The van der Waals surface area contributed by atoms with Gasteiger partial charge in [-0.25, -0.2) is 4.39 Å². The SMILES string of the molecule is C=CC(=O)NC(C)c1ccc(F)cc1. The third kappa shape index (κ3) is 2.69. The van der Waals surface area contributed by atoms with Gasteiger partial charge in [0.2, 0.25) is 5.91 Å². The molecule has 1 atom stereocenters. The first kappa shape index (κ1) is 10.4. The minimum absolute atomic E-state index is 0.138. The van der Waals surface area contributed by atoms with E-state index in [-0.39, 0.29) is 17.8 Å². The van der Waals surface area contributed by atoms with E-state index < -0.39 is 0 Å². The summed E-state index contributed by atoms with van der Waals surface area (Å²) < 4.78 is 12.6. The van der Waals surface area contributed by atoms with Crippen molar-refractivity contribution in [3.63, 3.8) is 0 Å². The second kappa shape index (κ2) is 4.56. The van der Waals surface area contributed by atoms with Crippen LogP contribution in [0, 0.1) is 5.82 Å². The predicted molar refractivity (Wildman–Crippen MR) is 53.2 cm³/mol. The maximum absolute atomic E-state index is 12.6. The molecular formula is C11H12FNO. The summed E-state index contributed by atoms with van der Waals surface area (Å²) in [7, 11) is 0. The Balaban J connectivity index is 2.69. The summed E-state index contributed by atoms with van der Waals surface area (Å²) >= 11 is 0. The van der Waals surface area contributed by atoms with Crippen molar-refractivity contribution in [3.8, 4) is 0 Å². The van der Waals surface area contributed by atoms with Crippen LogP contribution >= 0.6 is 0 Å². The van der Waals surface area contributed by atoms with Gasteiger partial charge in [-0.3, -0.25) is 4.79 Å². The molecule has 3 heteroatoms. The normalized spacial score (nSPS) is 11.9. The fourth-order valence-corrected chi connectivity index (χ4v) is 1.11. The van der Waals surface area contributed by atoms with Gasteiger partial charge < -0.3 is 5.32 Å². The summed E-state index contributed by atoms with van der Waals surface area (Å²) in [6.07, 6.45) is 1.21. The summed E-state index contributed by atoms with van der Waals surface area (Å²) in [5, 5.41) is 2.69. The van der Waals surface area contributed by atoms with Crippen LogP contribution in [0.5, 0.6) is 0 Å². The molecule has 2 nitrogen and oxygen atoms in total. The van der Waals surface area contributed by atoms with Crippen LogP contribution in [0.2, 0.25) is 0 Å². The van der Waals surface area contributed by atoms with Crippen molar-refractivity contribution in [1.29, 1.82) is 0 Å². The van der Waals surface area contributed by atoms with Crippen molar-refractivity contribution in [2.24, 2.45) is 0 Å². The lowest BCUT2D eigenvalue weighted by Gasteiger charge is -2.12. The number of hydrogen-bond donors (Lipinski definition) is 1. The van der Waals surface area contributed by atoms with E-state index in [4.69, 9.17) is 0 Å². The number of carbonyl (C=O) groups excluding carboxylic acids is 1. The van der Waals surface area contributed by atoms with Gasteiger partial charge in [0.05, 0.1) is 6.04 Å². The molecule has 0 aliphatic carbocycles. The Morgan fingerprint density at radius 3 is 2.57 bits per heavy atom. The molecule has 1 amide bonds. The van der Waals surface area contributed by atoms with Crippen LogP contribution in [0.3, 0.4) is 0 Å². The van der Waals surface area contributed by atoms with E-state index in [1.54, 1.807) is 12.1 Å². The van der Waals surface area contributed by atoms with Gasteiger partial charge in [0, 0.05) is 0 Å². The fourth-order valence-electron chi connectivity index (χ4n) is 1.11. The molecular weight excluding hydrogens is 181 g/mol. The van der Waals surface area contributed by atoms with E-state index in [1.807, 2.05) is 6.92 Å². The number of halogens is 1. The highest BCUT2D eigenvalue weighted by molar-refractivity contribution is 5.87. The van der Waals surface area contributed by atoms with Gasteiger partial charge in [-0.15, -0.1) is 0 Å². The second-order valence-electron chi connectivity index (χ2n) is 2.99. The van der Waals surface area contributed by atoms with Crippen molar-refractivity contribution in [2.75, 3.05) is 0 Å². The second-order valence-corrected chi connectivity index (χ2v) is 2.99. The van der Waals surface area contributed by atoms with Crippen LogP contribution in [0.4, 0.5) is 4.39 Å². The standard InChI is InChI=1S/C11H12FNO/c1-3-11(14)13-8(2)9-4-6-10(12)7-5-9/h3-8H,1H2,2H3,(H,13,14). The molecule has 0 saturated heterocycles. The molecule has 0 aliphatic rings. The number of nitrogens with one attached hydrogen (secondary N) is 1. The minimum Gasteiger partial charge on any atom is -0.346 e. The molecule has 1 aromatic rings. The Morgan fingerprint density at radius 1 is 1.50 bits per heavy atom. The highest BCUT2D eigenvalue weighted by Crippen LogP contribution is 2.12. The zero-order chi connectivity index (χ0) is 10.6. The van der Waals surface area contributed by atoms with Gasteiger partial charge in [-0.05, 0) is 30.7 Å². The minimum atomic E-state index is -0.281. The average molecular weight is 193 g/mol. The maximum atomic E-state index is 12.6. The fraction of sp³-hybridized carbons (Fsp3) is 0.182. The molecule has 1 N–H and O–H groups in total. The zero-order valence-corrected chi connectivity index (χ0v) is 7.96. The van der Waals surface area contributed by atoms with Crippen LogP contribution in [-0.4, -0.2) is 5.91 Å². The van der Waals surface area contributed by atoms with Crippen molar-refractivity contribution in [2.45, 2.75) is 13.0 Å². The Labute approximate surface area is 82.4 Å². The Morgan fingerprint density at radius 2 is 2.07 bits per heavy atom. The highest BCUT2D eigenvalue weighted by atomic mass is 19.1. The summed E-state index contributed by atoms with van der Waals surface area (Å²) in [4.78, 5) is 11.0. The Bertz CT molecular complexity index is 332.